The normalized spacial score (nSPS) is 18.5. The van der Waals surface area contributed by atoms with Crippen LogP contribution >= 0.6 is 0 Å². The van der Waals surface area contributed by atoms with Gasteiger partial charge >= 0.3 is 5.76 Å². The van der Waals surface area contributed by atoms with Crippen LogP contribution in [0.4, 0.5) is 4.39 Å². The Kier molecular flexibility index (Phi) is 4.23. The number of aromatic nitrogens is 6. The summed E-state index contributed by atoms with van der Waals surface area (Å²) in [5, 5.41) is 4.23. The smallest absolute Gasteiger partial charge is 0.437 e. The number of imidazole rings is 1. The van der Waals surface area contributed by atoms with Crippen molar-refractivity contribution in [3.8, 4) is 5.75 Å². The first-order valence-electron chi connectivity index (χ1n) is 9.35. The van der Waals surface area contributed by atoms with Crippen LogP contribution in [0.1, 0.15) is 24.8 Å². The predicted octanol–water partition coefficient (Wildman–Crippen LogP) is 1.25. The van der Waals surface area contributed by atoms with E-state index in [1.54, 1.807) is 23.7 Å². The summed E-state index contributed by atoms with van der Waals surface area (Å²) in [6.07, 6.45) is 3.82. The van der Waals surface area contributed by atoms with Crippen molar-refractivity contribution in [2.75, 3.05) is 0 Å². The summed E-state index contributed by atoms with van der Waals surface area (Å²) in [6, 6.07) is 5.75. The van der Waals surface area contributed by atoms with E-state index in [0.29, 0.717) is 29.8 Å². The first-order chi connectivity index (χ1) is 14.5. The fraction of sp³-hybridized carbons (Fsp3) is 0.316. The zero-order valence-corrected chi connectivity index (χ0v) is 15.9. The van der Waals surface area contributed by atoms with Gasteiger partial charge in [-0.25, -0.2) is 19.2 Å². The van der Waals surface area contributed by atoms with E-state index in [2.05, 4.69) is 15.1 Å². The first kappa shape index (κ1) is 18.3. The molecule has 154 valence electrons. The molecule has 1 fully saturated rings. The van der Waals surface area contributed by atoms with Gasteiger partial charge in [-0.1, -0.05) is 6.07 Å². The van der Waals surface area contributed by atoms with Crippen LogP contribution in [0.5, 0.6) is 5.75 Å². The van der Waals surface area contributed by atoms with Gasteiger partial charge in [-0.2, -0.15) is 4.68 Å². The Labute approximate surface area is 168 Å². The SMILES string of the molecule is Cn1cnc2ncn(Cc3nn([C@H]4C[C@H](Oc5cccc(F)c5)C4)c(=O)o3)c(=O)c21. The molecule has 3 heterocycles. The number of fused-ring (bicyclic) bond motifs is 1. The standard InChI is InChI=1S/C19H17FN6O4/c1-24-9-21-17-16(24)18(27)25(10-22-17)8-15-23-26(19(28)30-15)12-6-14(7-12)29-13-4-2-3-11(20)5-13/h2-5,9-10,12,14H,6-8H2,1H3/t12-,14-. The van der Waals surface area contributed by atoms with Crippen LogP contribution in [0.2, 0.25) is 0 Å². The minimum absolute atomic E-state index is 0.0227. The Bertz CT molecular complexity index is 1350. The average Bonchev–Trinajstić information content (AvgIpc) is 3.23. The number of ether oxygens (including phenoxy) is 1. The van der Waals surface area contributed by atoms with E-state index in [1.807, 2.05) is 0 Å². The van der Waals surface area contributed by atoms with Crippen LogP contribution in [0.25, 0.3) is 11.2 Å². The van der Waals surface area contributed by atoms with E-state index in [4.69, 9.17) is 9.15 Å². The summed E-state index contributed by atoms with van der Waals surface area (Å²) in [5.41, 5.74) is 0.407. The molecule has 30 heavy (non-hydrogen) atoms. The number of rotatable bonds is 5. The molecule has 0 bridgehead atoms. The van der Waals surface area contributed by atoms with Crippen molar-refractivity contribution >= 4 is 11.2 Å². The summed E-state index contributed by atoms with van der Waals surface area (Å²) < 4.78 is 28.3. The summed E-state index contributed by atoms with van der Waals surface area (Å²) in [7, 11) is 1.70. The lowest BCUT2D eigenvalue weighted by Crippen LogP contribution is -2.39. The molecule has 3 aromatic heterocycles. The van der Waals surface area contributed by atoms with Crippen molar-refractivity contribution in [3.05, 3.63) is 69.5 Å². The number of hydrogen-bond acceptors (Lipinski definition) is 7. The summed E-state index contributed by atoms with van der Waals surface area (Å²) in [6.45, 7) is -0.0227. The van der Waals surface area contributed by atoms with Crippen LogP contribution in [0.15, 0.2) is 50.9 Å². The highest BCUT2D eigenvalue weighted by Gasteiger charge is 2.35. The molecule has 0 atom stereocenters. The minimum atomic E-state index is -0.596. The molecule has 0 amide bonds. The zero-order valence-electron chi connectivity index (χ0n) is 15.9. The van der Waals surface area contributed by atoms with Crippen molar-refractivity contribution in [1.29, 1.82) is 0 Å². The molecule has 4 aromatic rings. The summed E-state index contributed by atoms with van der Waals surface area (Å²) in [4.78, 5) is 33.0. The fourth-order valence-electron chi connectivity index (χ4n) is 3.52. The molecule has 0 radical (unpaired) electrons. The molecular formula is C19H17FN6O4. The molecule has 1 saturated carbocycles. The third kappa shape index (κ3) is 3.17. The van der Waals surface area contributed by atoms with Gasteiger partial charge in [-0.05, 0) is 12.1 Å². The Morgan fingerprint density at radius 1 is 1.23 bits per heavy atom. The van der Waals surface area contributed by atoms with Crippen molar-refractivity contribution < 1.29 is 13.5 Å². The van der Waals surface area contributed by atoms with Gasteiger partial charge in [0.05, 0.1) is 12.4 Å². The van der Waals surface area contributed by atoms with E-state index in [9.17, 15) is 14.0 Å². The molecule has 0 saturated heterocycles. The molecule has 5 rings (SSSR count). The second kappa shape index (κ2) is 6.94. The molecule has 0 aliphatic heterocycles. The Morgan fingerprint density at radius 2 is 2.03 bits per heavy atom. The molecule has 1 aliphatic carbocycles. The van der Waals surface area contributed by atoms with Gasteiger partial charge in [0.2, 0.25) is 5.89 Å². The fourth-order valence-corrected chi connectivity index (χ4v) is 3.52. The van der Waals surface area contributed by atoms with Gasteiger partial charge in [0.25, 0.3) is 5.56 Å². The number of halogens is 1. The lowest BCUT2D eigenvalue weighted by atomic mass is 9.89. The second-order valence-corrected chi connectivity index (χ2v) is 7.23. The van der Waals surface area contributed by atoms with Crippen LogP contribution < -0.4 is 16.1 Å². The van der Waals surface area contributed by atoms with Crippen molar-refractivity contribution in [1.82, 2.24) is 28.9 Å². The average molecular weight is 412 g/mol. The van der Waals surface area contributed by atoms with Gasteiger partial charge in [0, 0.05) is 26.0 Å². The van der Waals surface area contributed by atoms with Gasteiger partial charge in [0.1, 0.15) is 30.5 Å². The first-order valence-corrected chi connectivity index (χ1v) is 9.35. The Morgan fingerprint density at radius 3 is 2.83 bits per heavy atom. The molecular weight excluding hydrogens is 395 g/mol. The van der Waals surface area contributed by atoms with Crippen LogP contribution in [0, 0.1) is 5.82 Å². The quantitative estimate of drug-likeness (QED) is 0.485. The highest BCUT2D eigenvalue weighted by molar-refractivity contribution is 5.68. The number of benzene rings is 1. The Balaban J connectivity index is 1.29. The van der Waals surface area contributed by atoms with E-state index in [0.717, 1.165) is 0 Å². The minimum Gasteiger partial charge on any atom is -0.490 e. The Hall–Kier alpha value is -3.76. The highest BCUT2D eigenvalue weighted by atomic mass is 19.1. The van der Waals surface area contributed by atoms with Crippen LogP contribution in [-0.2, 0) is 13.6 Å². The van der Waals surface area contributed by atoms with E-state index in [1.165, 1.54) is 34.0 Å². The van der Waals surface area contributed by atoms with E-state index < -0.39 is 5.76 Å². The summed E-state index contributed by atoms with van der Waals surface area (Å²) in [5.74, 6) is -0.402. The van der Waals surface area contributed by atoms with Gasteiger partial charge in [-0.3, -0.25) is 9.36 Å². The third-order valence-electron chi connectivity index (χ3n) is 5.13. The maximum Gasteiger partial charge on any atom is 0.437 e. The molecule has 0 unspecified atom stereocenters. The van der Waals surface area contributed by atoms with Crippen LogP contribution in [0.3, 0.4) is 0 Å². The van der Waals surface area contributed by atoms with Gasteiger partial charge < -0.3 is 13.7 Å². The maximum absolute atomic E-state index is 13.3. The van der Waals surface area contributed by atoms with Crippen molar-refractivity contribution in [2.45, 2.75) is 31.5 Å². The lowest BCUT2D eigenvalue weighted by Gasteiger charge is -2.34. The zero-order chi connectivity index (χ0) is 20.8. The van der Waals surface area contributed by atoms with Crippen molar-refractivity contribution in [3.63, 3.8) is 0 Å². The molecule has 11 heteroatoms. The van der Waals surface area contributed by atoms with E-state index in [-0.39, 0.29) is 36.0 Å². The molecule has 1 aromatic carbocycles. The monoisotopic (exact) mass is 412 g/mol. The predicted molar refractivity (Wildman–Crippen MR) is 102 cm³/mol. The molecule has 0 spiro atoms. The molecule has 10 nitrogen and oxygen atoms in total. The number of nitrogens with zero attached hydrogens (tertiary/aromatic N) is 6. The van der Waals surface area contributed by atoms with Gasteiger partial charge in [0.15, 0.2) is 11.2 Å². The molecule has 1 aliphatic rings. The second-order valence-electron chi connectivity index (χ2n) is 7.23. The van der Waals surface area contributed by atoms with E-state index >= 15 is 0 Å². The number of hydrogen-bond donors (Lipinski definition) is 0. The molecule has 0 N–H and O–H groups in total. The van der Waals surface area contributed by atoms with Gasteiger partial charge in [-0.15, -0.1) is 5.10 Å². The lowest BCUT2D eigenvalue weighted by molar-refractivity contribution is 0.0613. The van der Waals surface area contributed by atoms with Crippen LogP contribution in [-0.4, -0.2) is 35.0 Å². The largest absolute Gasteiger partial charge is 0.490 e. The topological polar surface area (TPSA) is 110 Å². The highest BCUT2D eigenvalue weighted by Crippen LogP contribution is 2.34. The number of aryl methyl sites for hydroxylation is 1. The maximum atomic E-state index is 13.3. The third-order valence-corrected chi connectivity index (χ3v) is 5.13. The summed E-state index contributed by atoms with van der Waals surface area (Å²) >= 11 is 0. The van der Waals surface area contributed by atoms with Crippen molar-refractivity contribution in [2.24, 2.45) is 7.05 Å².